The molecule has 1 aromatic rings. The fourth-order valence-electron chi connectivity index (χ4n) is 2.38. The van der Waals surface area contributed by atoms with E-state index >= 15 is 0 Å². The maximum absolute atomic E-state index is 12.4. The van der Waals surface area contributed by atoms with Gasteiger partial charge < -0.3 is 5.73 Å². The summed E-state index contributed by atoms with van der Waals surface area (Å²) in [4.78, 5) is 0.0861. The topological polar surface area (TPSA) is 106 Å². The summed E-state index contributed by atoms with van der Waals surface area (Å²) in [5.41, 5.74) is 5.57. The molecule has 1 fully saturated rings. The van der Waals surface area contributed by atoms with Gasteiger partial charge in [-0.05, 0) is 38.0 Å². The number of nitrogens with one attached hydrogen (secondary N) is 1. The Bertz CT molecular complexity index is 741. The molecule has 0 radical (unpaired) electrons. The van der Waals surface area contributed by atoms with Crippen molar-refractivity contribution in [3.63, 3.8) is 0 Å². The number of nitrogens with two attached hydrogens (primary N) is 1. The number of sulfone groups is 1. The summed E-state index contributed by atoms with van der Waals surface area (Å²) in [6.07, 6.45) is 0.274. The highest BCUT2D eigenvalue weighted by Crippen LogP contribution is 2.26. The highest BCUT2D eigenvalue weighted by atomic mass is 32.2. The molecule has 1 aliphatic rings. The van der Waals surface area contributed by atoms with Crippen LogP contribution < -0.4 is 10.5 Å². The van der Waals surface area contributed by atoms with E-state index in [4.69, 9.17) is 5.73 Å². The molecule has 1 saturated heterocycles. The number of hydrogen-bond acceptors (Lipinski definition) is 5. The largest absolute Gasteiger partial charge is 0.399 e. The van der Waals surface area contributed by atoms with E-state index < -0.39 is 25.4 Å². The van der Waals surface area contributed by atoms with Crippen LogP contribution >= 0.6 is 0 Å². The molecule has 0 spiro atoms. The maximum Gasteiger partial charge on any atom is 0.241 e. The molecule has 1 aromatic carbocycles. The molecule has 0 aromatic heterocycles. The summed E-state index contributed by atoms with van der Waals surface area (Å²) in [6.45, 7) is 3.28. The van der Waals surface area contributed by atoms with Crippen molar-refractivity contribution in [3.05, 3.63) is 23.8 Å². The van der Waals surface area contributed by atoms with E-state index in [1.807, 2.05) is 0 Å². The van der Waals surface area contributed by atoms with Crippen molar-refractivity contribution in [2.75, 3.05) is 17.2 Å². The second-order valence-corrected chi connectivity index (χ2v) is 9.37. The van der Waals surface area contributed by atoms with E-state index in [-0.39, 0.29) is 22.8 Å². The van der Waals surface area contributed by atoms with Gasteiger partial charge in [-0.3, -0.25) is 0 Å². The van der Waals surface area contributed by atoms with Crippen LogP contribution in [-0.2, 0) is 19.9 Å². The van der Waals surface area contributed by atoms with Gasteiger partial charge in [0, 0.05) is 11.2 Å². The van der Waals surface area contributed by atoms with E-state index in [2.05, 4.69) is 4.72 Å². The Balaban J connectivity index is 2.35. The van der Waals surface area contributed by atoms with E-state index in [9.17, 15) is 16.8 Å². The molecule has 20 heavy (non-hydrogen) atoms. The zero-order chi connectivity index (χ0) is 15.2. The van der Waals surface area contributed by atoms with Crippen LogP contribution in [0.2, 0.25) is 0 Å². The van der Waals surface area contributed by atoms with Gasteiger partial charge in [0.1, 0.15) is 0 Å². The van der Waals surface area contributed by atoms with Gasteiger partial charge in [0.05, 0.1) is 16.4 Å². The Labute approximate surface area is 119 Å². The number of aryl methyl sites for hydroxylation is 1. The second-order valence-electron chi connectivity index (χ2n) is 5.53. The van der Waals surface area contributed by atoms with Gasteiger partial charge in [-0.25, -0.2) is 21.6 Å². The van der Waals surface area contributed by atoms with Crippen molar-refractivity contribution in [1.29, 1.82) is 0 Å². The van der Waals surface area contributed by atoms with Crippen LogP contribution in [0.5, 0.6) is 0 Å². The van der Waals surface area contributed by atoms with E-state index in [0.717, 1.165) is 0 Å². The zero-order valence-electron chi connectivity index (χ0n) is 11.4. The number of sulfonamides is 1. The van der Waals surface area contributed by atoms with Crippen LogP contribution in [0.1, 0.15) is 18.9 Å². The van der Waals surface area contributed by atoms with Crippen LogP contribution in [0, 0.1) is 6.92 Å². The summed E-state index contributed by atoms with van der Waals surface area (Å²) in [6, 6.07) is 4.62. The van der Waals surface area contributed by atoms with Gasteiger partial charge in [-0.2, -0.15) is 0 Å². The van der Waals surface area contributed by atoms with Crippen LogP contribution in [-0.4, -0.2) is 33.9 Å². The molecule has 1 aliphatic heterocycles. The maximum atomic E-state index is 12.4. The van der Waals surface area contributed by atoms with Crippen molar-refractivity contribution in [2.24, 2.45) is 0 Å². The monoisotopic (exact) mass is 318 g/mol. The minimum atomic E-state index is -3.80. The third kappa shape index (κ3) is 3.13. The first kappa shape index (κ1) is 15.3. The summed E-state index contributed by atoms with van der Waals surface area (Å²) < 4.78 is 50.4. The molecule has 0 saturated carbocycles. The Morgan fingerprint density at radius 3 is 2.55 bits per heavy atom. The Morgan fingerprint density at radius 2 is 2.00 bits per heavy atom. The van der Waals surface area contributed by atoms with Gasteiger partial charge in [0.2, 0.25) is 10.0 Å². The van der Waals surface area contributed by atoms with Crippen LogP contribution in [0.4, 0.5) is 5.69 Å². The SMILES string of the molecule is Cc1ccc(N)cc1S(=O)(=O)NC1(C)CCS(=O)(=O)C1. The van der Waals surface area contributed by atoms with Crippen molar-refractivity contribution < 1.29 is 16.8 Å². The fraction of sp³-hybridized carbons (Fsp3) is 0.500. The summed E-state index contributed by atoms with van der Waals surface area (Å²) >= 11 is 0. The molecule has 2 rings (SSSR count). The molecular formula is C12H18N2O4S2. The lowest BCUT2D eigenvalue weighted by molar-refractivity contribution is 0.461. The molecule has 0 aliphatic carbocycles. The number of rotatable bonds is 3. The highest BCUT2D eigenvalue weighted by molar-refractivity contribution is 7.92. The first-order chi connectivity index (χ1) is 9.03. The fourth-order valence-corrected chi connectivity index (χ4v) is 6.28. The molecule has 0 amide bonds. The first-order valence-corrected chi connectivity index (χ1v) is 9.44. The molecule has 1 heterocycles. The lowest BCUT2D eigenvalue weighted by Gasteiger charge is -2.24. The number of nitrogen functional groups attached to an aromatic ring is 1. The summed E-state index contributed by atoms with van der Waals surface area (Å²) in [5, 5.41) is 0. The molecule has 6 nitrogen and oxygen atoms in total. The third-order valence-electron chi connectivity index (χ3n) is 3.39. The zero-order valence-corrected chi connectivity index (χ0v) is 13.0. The van der Waals surface area contributed by atoms with Crippen molar-refractivity contribution in [2.45, 2.75) is 30.7 Å². The van der Waals surface area contributed by atoms with Crippen molar-refractivity contribution in [1.82, 2.24) is 4.72 Å². The van der Waals surface area contributed by atoms with E-state index in [1.165, 1.54) is 6.07 Å². The second kappa shape index (κ2) is 4.71. The number of benzene rings is 1. The quantitative estimate of drug-likeness (QED) is 0.786. The predicted octanol–water partition coefficient (Wildman–Crippen LogP) is 0.433. The standard InChI is InChI=1S/C12H18N2O4S2/c1-9-3-4-10(13)7-11(9)20(17,18)14-12(2)5-6-19(15,16)8-12/h3-4,7,14H,5-6,8,13H2,1-2H3. The van der Waals surface area contributed by atoms with Gasteiger partial charge in [-0.1, -0.05) is 6.07 Å². The van der Waals surface area contributed by atoms with Crippen LogP contribution in [0.15, 0.2) is 23.1 Å². The predicted molar refractivity (Wildman–Crippen MR) is 77.6 cm³/mol. The lowest BCUT2D eigenvalue weighted by atomic mass is 10.0. The molecule has 0 bridgehead atoms. The van der Waals surface area contributed by atoms with Crippen molar-refractivity contribution in [3.8, 4) is 0 Å². The molecule has 1 atom stereocenters. The average Bonchev–Trinajstić information content (AvgIpc) is 2.55. The molecule has 112 valence electrons. The smallest absolute Gasteiger partial charge is 0.241 e. The lowest BCUT2D eigenvalue weighted by Crippen LogP contribution is -2.46. The van der Waals surface area contributed by atoms with Crippen LogP contribution in [0.3, 0.4) is 0 Å². The highest BCUT2D eigenvalue weighted by Gasteiger charge is 2.41. The first-order valence-electron chi connectivity index (χ1n) is 6.14. The number of anilines is 1. The van der Waals surface area contributed by atoms with Gasteiger partial charge >= 0.3 is 0 Å². The van der Waals surface area contributed by atoms with Crippen molar-refractivity contribution >= 4 is 25.5 Å². The molecular weight excluding hydrogens is 300 g/mol. The van der Waals surface area contributed by atoms with Gasteiger partial charge in [-0.15, -0.1) is 0 Å². The summed E-state index contributed by atoms with van der Waals surface area (Å²) in [5.74, 6) is -0.178. The normalized spacial score (nSPS) is 25.7. The minimum Gasteiger partial charge on any atom is -0.399 e. The summed E-state index contributed by atoms with van der Waals surface area (Å²) in [7, 11) is -6.98. The number of hydrogen-bond donors (Lipinski definition) is 2. The van der Waals surface area contributed by atoms with Gasteiger partial charge in [0.25, 0.3) is 0 Å². The molecule has 1 unspecified atom stereocenters. The Hall–Kier alpha value is -1.12. The molecule has 3 N–H and O–H groups in total. The van der Waals surface area contributed by atoms with Gasteiger partial charge in [0.15, 0.2) is 9.84 Å². The average molecular weight is 318 g/mol. The van der Waals surface area contributed by atoms with E-state index in [0.29, 0.717) is 11.3 Å². The third-order valence-corrected chi connectivity index (χ3v) is 7.07. The Morgan fingerprint density at radius 1 is 1.35 bits per heavy atom. The minimum absolute atomic E-state index is 0.00192. The van der Waals surface area contributed by atoms with E-state index in [1.54, 1.807) is 26.0 Å². The van der Waals surface area contributed by atoms with Crippen LogP contribution in [0.25, 0.3) is 0 Å². The Kier molecular flexibility index (Phi) is 3.60. The molecule has 8 heteroatoms.